The van der Waals surface area contributed by atoms with Gasteiger partial charge in [0.1, 0.15) is 0 Å². The van der Waals surface area contributed by atoms with Crippen molar-refractivity contribution in [3.8, 4) is 6.01 Å². The Hall–Kier alpha value is -2.08. The van der Waals surface area contributed by atoms with Crippen molar-refractivity contribution in [3.05, 3.63) is 34.9 Å². The molecular weight excluding hydrogens is 254 g/mol. The van der Waals surface area contributed by atoms with Gasteiger partial charge in [0.2, 0.25) is 11.9 Å². The number of hydrogen-bond acceptors (Lipinski definition) is 6. The highest BCUT2D eigenvalue weighted by Crippen LogP contribution is 2.16. The van der Waals surface area contributed by atoms with Crippen molar-refractivity contribution in [1.29, 1.82) is 0 Å². The largest absolute Gasteiger partial charge is 0.467 e. The molecule has 0 saturated carbocycles. The zero-order valence-electron chi connectivity index (χ0n) is 9.72. The number of nitrogens with one attached hydrogen (secondary N) is 1. The van der Waals surface area contributed by atoms with E-state index in [0.29, 0.717) is 17.5 Å². The molecule has 0 radical (unpaired) electrons. The lowest BCUT2D eigenvalue weighted by atomic mass is 10.2. The Bertz CT molecular complexity index is 549. The molecule has 6 nitrogen and oxygen atoms in total. The van der Waals surface area contributed by atoms with Gasteiger partial charge in [-0.2, -0.15) is 15.0 Å². The first-order valence-electron chi connectivity index (χ1n) is 5.22. The number of halogens is 1. The summed E-state index contributed by atoms with van der Waals surface area (Å²) in [6.07, 6.45) is 0. The first kappa shape index (κ1) is 12.4. The van der Waals surface area contributed by atoms with Crippen LogP contribution < -0.4 is 15.8 Å². The van der Waals surface area contributed by atoms with Crippen LogP contribution in [0.5, 0.6) is 6.01 Å². The van der Waals surface area contributed by atoms with Crippen LogP contribution in [0.3, 0.4) is 0 Å². The third kappa shape index (κ3) is 2.98. The van der Waals surface area contributed by atoms with Gasteiger partial charge in [0.05, 0.1) is 7.11 Å². The molecule has 0 saturated heterocycles. The van der Waals surface area contributed by atoms with Gasteiger partial charge in [0.15, 0.2) is 0 Å². The van der Waals surface area contributed by atoms with Crippen LogP contribution in [0.15, 0.2) is 24.3 Å². The van der Waals surface area contributed by atoms with E-state index in [-0.39, 0.29) is 12.0 Å². The topological polar surface area (TPSA) is 86.0 Å². The maximum Gasteiger partial charge on any atom is 0.322 e. The number of ether oxygens (including phenoxy) is 1. The number of rotatable bonds is 4. The van der Waals surface area contributed by atoms with Crippen LogP contribution in [0.4, 0.5) is 11.9 Å². The highest BCUT2D eigenvalue weighted by Gasteiger charge is 2.05. The van der Waals surface area contributed by atoms with E-state index >= 15 is 0 Å². The van der Waals surface area contributed by atoms with Crippen molar-refractivity contribution in [2.75, 3.05) is 18.2 Å². The molecule has 0 unspecified atom stereocenters. The minimum absolute atomic E-state index is 0.100. The Morgan fingerprint density at radius 3 is 2.78 bits per heavy atom. The zero-order valence-corrected chi connectivity index (χ0v) is 10.5. The number of benzene rings is 1. The second-order valence-electron chi connectivity index (χ2n) is 3.45. The molecule has 0 aliphatic heterocycles. The van der Waals surface area contributed by atoms with Crippen LogP contribution in [0, 0.1) is 0 Å². The number of methoxy groups -OCH3 is 1. The van der Waals surface area contributed by atoms with Crippen LogP contribution in [0.25, 0.3) is 0 Å². The molecule has 0 fully saturated rings. The molecular formula is C11H12ClN5O. The highest BCUT2D eigenvalue weighted by atomic mass is 35.5. The van der Waals surface area contributed by atoms with Gasteiger partial charge in [0.25, 0.3) is 0 Å². The van der Waals surface area contributed by atoms with E-state index in [4.69, 9.17) is 22.1 Å². The van der Waals surface area contributed by atoms with Crippen LogP contribution >= 0.6 is 11.6 Å². The van der Waals surface area contributed by atoms with Gasteiger partial charge in [-0.1, -0.05) is 29.8 Å². The van der Waals surface area contributed by atoms with Gasteiger partial charge in [-0.3, -0.25) is 0 Å². The maximum atomic E-state index is 6.04. The predicted molar refractivity (Wildman–Crippen MR) is 69.6 cm³/mol. The van der Waals surface area contributed by atoms with Gasteiger partial charge in [-0.05, 0) is 11.6 Å². The molecule has 1 aromatic carbocycles. The van der Waals surface area contributed by atoms with Crippen molar-refractivity contribution < 1.29 is 4.74 Å². The van der Waals surface area contributed by atoms with Crippen molar-refractivity contribution >= 4 is 23.5 Å². The summed E-state index contributed by atoms with van der Waals surface area (Å²) in [4.78, 5) is 11.8. The number of nitrogens with two attached hydrogens (primary N) is 1. The van der Waals surface area contributed by atoms with Gasteiger partial charge in [0, 0.05) is 11.6 Å². The third-order valence-electron chi connectivity index (χ3n) is 2.21. The first-order valence-corrected chi connectivity index (χ1v) is 5.59. The molecule has 1 heterocycles. The van der Waals surface area contributed by atoms with Crippen molar-refractivity contribution in [3.63, 3.8) is 0 Å². The van der Waals surface area contributed by atoms with Crippen molar-refractivity contribution in [2.24, 2.45) is 0 Å². The van der Waals surface area contributed by atoms with Gasteiger partial charge < -0.3 is 15.8 Å². The van der Waals surface area contributed by atoms with Crippen molar-refractivity contribution in [2.45, 2.75) is 6.54 Å². The Labute approximate surface area is 109 Å². The molecule has 2 rings (SSSR count). The van der Waals surface area contributed by atoms with E-state index in [1.165, 1.54) is 7.11 Å². The Morgan fingerprint density at radius 2 is 2.06 bits per heavy atom. The SMILES string of the molecule is COc1nc(N)nc(NCc2ccccc2Cl)n1. The number of anilines is 2. The van der Waals surface area contributed by atoms with Crippen LogP contribution in [0.1, 0.15) is 5.56 Å². The van der Waals surface area contributed by atoms with Crippen LogP contribution in [0.2, 0.25) is 5.02 Å². The van der Waals surface area contributed by atoms with E-state index in [2.05, 4.69) is 20.3 Å². The van der Waals surface area contributed by atoms with E-state index in [1.54, 1.807) is 0 Å². The minimum atomic E-state index is 0.100. The maximum absolute atomic E-state index is 6.04. The molecule has 0 amide bonds. The summed E-state index contributed by atoms with van der Waals surface area (Å²) in [7, 11) is 1.46. The molecule has 3 N–H and O–H groups in total. The quantitative estimate of drug-likeness (QED) is 0.876. The fourth-order valence-electron chi connectivity index (χ4n) is 1.36. The highest BCUT2D eigenvalue weighted by molar-refractivity contribution is 6.31. The predicted octanol–water partition coefficient (Wildman–Crippen LogP) is 1.73. The average molecular weight is 266 g/mol. The van der Waals surface area contributed by atoms with E-state index < -0.39 is 0 Å². The Balaban J connectivity index is 2.11. The van der Waals surface area contributed by atoms with Gasteiger partial charge in [-0.15, -0.1) is 0 Å². The van der Waals surface area contributed by atoms with E-state index in [9.17, 15) is 0 Å². The molecule has 18 heavy (non-hydrogen) atoms. The Kier molecular flexibility index (Phi) is 3.78. The first-order chi connectivity index (χ1) is 8.69. The summed E-state index contributed by atoms with van der Waals surface area (Å²) in [5, 5.41) is 3.69. The monoisotopic (exact) mass is 265 g/mol. The fraction of sp³-hybridized carbons (Fsp3) is 0.182. The second-order valence-corrected chi connectivity index (χ2v) is 3.86. The number of hydrogen-bond donors (Lipinski definition) is 2. The second kappa shape index (κ2) is 5.50. The van der Waals surface area contributed by atoms with Crippen molar-refractivity contribution in [1.82, 2.24) is 15.0 Å². The standard InChI is InChI=1S/C11H12ClN5O/c1-18-11-16-9(13)15-10(17-11)14-6-7-4-2-3-5-8(7)12/h2-5H,6H2,1H3,(H3,13,14,15,16,17). The lowest BCUT2D eigenvalue weighted by Gasteiger charge is -2.07. The normalized spacial score (nSPS) is 10.1. The molecule has 7 heteroatoms. The summed E-state index contributed by atoms with van der Waals surface area (Å²) in [6.45, 7) is 0.492. The molecule has 0 spiro atoms. The molecule has 0 aliphatic carbocycles. The molecule has 2 aromatic rings. The van der Waals surface area contributed by atoms with Gasteiger partial charge >= 0.3 is 6.01 Å². The zero-order chi connectivity index (χ0) is 13.0. The molecule has 0 aliphatic rings. The molecule has 94 valence electrons. The number of nitrogens with zero attached hydrogens (tertiary/aromatic N) is 3. The number of aromatic nitrogens is 3. The van der Waals surface area contributed by atoms with Crippen LogP contribution in [-0.4, -0.2) is 22.1 Å². The lowest BCUT2D eigenvalue weighted by molar-refractivity contribution is 0.379. The molecule has 1 aromatic heterocycles. The lowest BCUT2D eigenvalue weighted by Crippen LogP contribution is -2.08. The number of nitrogen functional groups attached to an aromatic ring is 1. The fourth-order valence-corrected chi connectivity index (χ4v) is 1.56. The third-order valence-corrected chi connectivity index (χ3v) is 2.58. The van der Waals surface area contributed by atoms with Crippen LogP contribution in [-0.2, 0) is 6.54 Å². The average Bonchev–Trinajstić information content (AvgIpc) is 2.37. The smallest absolute Gasteiger partial charge is 0.322 e. The molecule has 0 bridgehead atoms. The summed E-state index contributed by atoms with van der Waals surface area (Å²) in [6, 6.07) is 7.68. The molecule has 0 atom stereocenters. The summed E-state index contributed by atoms with van der Waals surface area (Å²) in [5.74, 6) is 0.447. The summed E-state index contributed by atoms with van der Waals surface area (Å²) < 4.78 is 4.90. The van der Waals surface area contributed by atoms with Gasteiger partial charge in [-0.25, -0.2) is 0 Å². The minimum Gasteiger partial charge on any atom is -0.467 e. The summed E-state index contributed by atoms with van der Waals surface area (Å²) >= 11 is 6.04. The van der Waals surface area contributed by atoms with E-state index in [0.717, 1.165) is 5.56 Å². The summed E-state index contributed by atoms with van der Waals surface area (Å²) in [5.41, 5.74) is 6.47. The Morgan fingerprint density at radius 1 is 1.28 bits per heavy atom. The van der Waals surface area contributed by atoms with E-state index in [1.807, 2.05) is 24.3 Å².